The average Bonchev–Trinajstić information content (AvgIpc) is 2.69. The lowest BCUT2D eigenvalue weighted by Crippen LogP contribution is -2.41. The van der Waals surface area contributed by atoms with Gasteiger partial charge in [0.05, 0.1) is 17.9 Å². The first-order chi connectivity index (χ1) is 13.7. The number of rotatable bonds is 8. The van der Waals surface area contributed by atoms with Gasteiger partial charge in [0.2, 0.25) is 5.91 Å². The molecule has 0 bridgehead atoms. The van der Waals surface area contributed by atoms with E-state index in [-0.39, 0.29) is 24.7 Å². The molecule has 0 aliphatic rings. The Hall–Kier alpha value is -3.07. The Kier molecular flexibility index (Phi) is 7.60. The lowest BCUT2D eigenvalue weighted by Gasteiger charge is -2.18. The van der Waals surface area contributed by atoms with Crippen molar-refractivity contribution in [2.75, 3.05) is 25.6 Å². The second-order valence-electron chi connectivity index (χ2n) is 6.10. The minimum Gasteiger partial charge on any atom is -0.489 e. The van der Waals surface area contributed by atoms with Crippen LogP contribution in [-0.4, -0.2) is 38.2 Å². The van der Waals surface area contributed by atoms with Crippen molar-refractivity contribution in [1.29, 1.82) is 0 Å². The summed E-state index contributed by atoms with van der Waals surface area (Å²) in [6, 6.07) is 10.0. The first-order valence-electron chi connectivity index (χ1n) is 8.72. The third kappa shape index (κ3) is 6.49. The second-order valence-corrected chi connectivity index (χ2v) is 6.10. The zero-order valence-corrected chi connectivity index (χ0v) is 15.9. The molecule has 0 saturated heterocycles. The molecule has 0 heterocycles. The molecule has 0 fully saturated rings. The van der Waals surface area contributed by atoms with E-state index in [0.29, 0.717) is 5.56 Å². The Labute approximate surface area is 166 Å². The van der Waals surface area contributed by atoms with E-state index in [2.05, 4.69) is 10.6 Å². The highest BCUT2D eigenvalue weighted by Crippen LogP contribution is 2.35. The number of halogens is 3. The molecule has 9 heteroatoms. The SMILES string of the molecule is COCCOc1ccc(C(F)(F)F)cc1NC(=O)C(C)NC(=O)c1ccccc1. The third-order valence-electron chi connectivity index (χ3n) is 3.89. The molecule has 6 nitrogen and oxygen atoms in total. The van der Waals surface area contributed by atoms with Crippen molar-refractivity contribution >= 4 is 17.5 Å². The predicted molar refractivity (Wildman–Crippen MR) is 101 cm³/mol. The Morgan fingerprint density at radius 2 is 1.76 bits per heavy atom. The fourth-order valence-electron chi connectivity index (χ4n) is 2.34. The molecule has 0 aliphatic heterocycles. The number of anilines is 1. The number of hydrogen-bond acceptors (Lipinski definition) is 4. The monoisotopic (exact) mass is 410 g/mol. The van der Waals surface area contributed by atoms with Crippen LogP contribution in [0.4, 0.5) is 18.9 Å². The predicted octanol–water partition coefficient (Wildman–Crippen LogP) is 3.49. The van der Waals surface area contributed by atoms with Crippen LogP contribution in [0.5, 0.6) is 5.75 Å². The van der Waals surface area contributed by atoms with Gasteiger partial charge in [-0.15, -0.1) is 0 Å². The highest BCUT2D eigenvalue weighted by atomic mass is 19.4. The second kappa shape index (κ2) is 9.92. The van der Waals surface area contributed by atoms with Crippen LogP contribution in [0.2, 0.25) is 0 Å². The first-order valence-corrected chi connectivity index (χ1v) is 8.72. The highest BCUT2D eigenvalue weighted by molar-refractivity contribution is 6.01. The summed E-state index contributed by atoms with van der Waals surface area (Å²) in [4.78, 5) is 24.6. The highest BCUT2D eigenvalue weighted by Gasteiger charge is 2.31. The normalized spacial score (nSPS) is 12.2. The third-order valence-corrected chi connectivity index (χ3v) is 3.89. The van der Waals surface area contributed by atoms with Gasteiger partial charge in [0, 0.05) is 12.7 Å². The molecule has 29 heavy (non-hydrogen) atoms. The van der Waals surface area contributed by atoms with Gasteiger partial charge in [0.15, 0.2) is 0 Å². The molecule has 0 radical (unpaired) electrons. The molecule has 156 valence electrons. The zero-order valence-electron chi connectivity index (χ0n) is 15.9. The zero-order chi connectivity index (χ0) is 21.4. The number of ether oxygens (including phenoxy) is 2. The van der Waals surface area contributed by atoms with Crippen LogP contribution in [0, 0.1) is 0 Å². The van der Waals surface area contributed by atoms with Gasteiger partial charge in [-0.2, -0.15) is 13.2 Å². The van der Waals surface area contributed by atoms with Gasteiger partial charge in [-0.05, 0) is 37.3 Å². The van der Waals surface area contributed by atoms with Crippen molar-refractivity contribution in [2.24, 2.45) is 0 Å². The maximum Gasteiger partial charge on any atom is 0.416 e. The summed E-state index contributed by atoms with van der Waals surface area (Å²) in [5.74, 6) is -1.11. The van der Waals surface area contributed by atoms with Gasteiger partial charge in [0.1, 0.15) is 18.4 Å². The molecule has 1 atom stereocenters. The molecular formula is C20H21F3N2O4. The van der Waals surface area contributed by atoms with Crippen molar-refractivity contribution in [2.45, 2.75) is 19.1 Å². The van der Waals surface area contributed by atoms with E-state index >= 15 is 0 Å². The van der Waals surface area contributed by atoms with Crippen molar-refractivity contribution in [3.05, 3.63) is 59.7 Å². The number of methoxy groups -OCH3 is 1. The molecule has 0 aliphatic carbocycles. The van der Waals surface area contributed by atoms with E-state index in [1.807, 2.05) is 0 Å². The molecule has 2 N–H and O–H groups in total. The van der Waals surface area contributed by atoms with Gasteiger partial charge in [-0.25, -0.2) is 0 Å². The average molecular weight is 410 g/mol. The van der Waals surface area contributed by atoms with Gasteiger partial charge in [-0.3, -0.25) is 9.59 Å². The van der Waals surface area contributed by atoms with E-state index in [1.54, 1.807) is 30.3 Å². The quantitative estimate of drug-likeness (QED) is 0.654. The number of amides is 2. The Morgan fingerprint density at radius 1 is 1.07 bits per heavy atom. The van der Waals surface area contributed by atoms with Crippen molar-refractivity contribution < 1.29 is 32.2 Å². The smallest absolute Gasteiger partial charge is 0.416 e. The summed E-state index contributed by atoms with van der Waals surface area (Å²) in [6.45, 7) is 1.73. The van der Waals surface area contributed by atoms with Gasteiger partial charge >= 0.3 is 6.18 Å². The largest absolute Gasteiger partial charge is 0.489 e. The molecule has 2 aromatic carbocycles. The van der Waals surface area contributed by atoms with Crippen LogP contribution in [0.3, 0.4) is 0 Å². The van der Waals surface area contributed by atoms with E-state index in [9.17, 15) is 22.8 Å². The minimum absolute atomic E-state index is 0.0602. The van der Waals surface area contributed by atoms with Gasteiger partial charge in [-0.1, -0.05) is 18.2 Å². The molecule has 2 amide bonds. The van der Waals surface area contributed by atoms with Crippen LogP contribution in [0.1, 0.15) is 22.8 Å². The summed E-state index contributed by atoms with van der Waals surface area (Å²) < 4.78 is 49.3. The van der Waals surface area contributed by atoms with Crippen LogP contribution >= 0.6 is 0 Å². The summed E-state index contributed by atoms with van der Waals surface area (Å²) in [5.41, 5.74) is -0.732. The number of nitrogens with one attached hydrogen (secondary N) is 2. The lowest BCUT2D eigenvalue weighted by atomic mass is 10.1. The Morgan fingerprint density at radius 3 is 2.38 bits per heavy atom. The van der Waals surface area contributed by atoms with Crippen molar-refractivity contribution in [3.8, 4) is 5.75 Å². The molecule has 2 aromatic rings. The van der Waals surface area contributed by atoms with Crippen LogP contribution in [-0.2, 0) is 15.7 Å². The van der Waals surface area contributed by atoms with E-state index in [0.717, 1.165) is 18.2 Å². The molecule has 0 saturated carbocycles. The van der Waals surface area contributed by atoms with Crippen LogP contribution < -0.4 is 15.4 Å². The standard InChI is InChI=1S/C20H21F3N2O4/c1-13(24-19(27)14-6-4-3-5-7-14)18(26)25-16-12-15(20(21,22)23)8-9-17(16)29-11-10-28-2/h3-9,12-13H,10-11H2,1-2H3,(H,24,27)(H,25,26). The Bertz CT molecular complexity index is 841. The first kappa shape index (κ1) is 22.2. The number of carbonyl (C=O) groups excluding carboxylic acids is 2. The van der Waals surface area contributed by atoms with E-state index in [1.165, 1.54) is 14.0 Å². The van der Waals surface area contributed by atoms with Crippen LogP contribution in [0.25, 0.3) is 0 Å². The summed E-state index contributed by atoms with van der Waals surface area (Å²) in [5, 5.41) is 4.89. The molecule has 0 spiro atoms. The summed E-state index contributed by atoms with van der Waals surface area (Å²) in [6.07, 6.45) is -4.59. The minimum atomic E-state index is -4.59. The topological polar surface area (TPSA) is 76.7 Å². The fraction of sp³-hybridized carbons (Fsp3) is 0.300. The van der Waals surface area contributed by atoms with Gasteiger partial charge < -0.3 is 20.1 Å². The summed E-state index contributed by atoms with van der Waals surface area (Å²) >= 11 is 0. The summed E-state index contributed by atoms with van der Waals surface area (Å²) in [7, 11) is 1.45. The lowest BCUT2D eigenvalue weighted by molar-refractivity contribution is -0.137. The Balaban J connectivity index is 2.14. The molecular weight excluding hydrogens is 389 g/mol. The maximum atomic E-state index is 13.0. The fourth-order valence-corrected chi connectivity index (χ4v) is 2.34. The molecule has 1 unspecified atom stereocenters. The molecule has 0 aromatic heterocycles. The number of benzene rings is 2. The van der Waals surface area contributed by atoms with Gasteiger partial charge in [0.25, 0.3) is 5.91 Å². The van der Waals surface area contributed by atoms with E-state index < -0.39 is 29.6 Å². The van der Waals surface area contributed by atoms with Crippen molar-refractivity contribution in [3.63, 3.8) is 0 Å². The molecule has 2 rings (SSSR count). The van der Waals surface area contributed by atoms with E-state index in [4.69, 9.17) is 9.47 Å². The number of carbonyl (C=O) groups is 2. The number of hydrogen-bond donors (Lipinski definition) is 2. The van der Waals surface area contributed by atoms with Crippen molar-refractivity contribution in [1.82, 2.24) is 5.32 Å². The maximum absolute atomic E-state index is 13.0. The van der Waals surface area contributed by atoms with Crippen LogP contribution in [0.15, 0.2) is 48.5 Å². The number of alkyl halides is 3.